The minimum absolute atomic E-state index is 0.0302. The number of nitrogens with zero attached hydrogens (tertiary/aromatic N) is 3. The van der Waals surface area contributed by atoms with Crippen molar-refractivity contribution in [2.45, 2.75) is 31.7 Å². The van der Waals surface area contributed by atoms with Gasteiger partial charge in [-0.25, -0.2) is 4.39 Å². The molecule has 4 rings (SSSR count). The predicted octanol–water partition coefficient (Wildman–Crippen LogP) is 3.91. The third-order valence-electron chi connectivity index (χ3n) is 5.09. The molecule has 2 aromatic heterocycles. The number of aromatic nitrogens is 3. The first kappa shape index (κ1) is 17.4. The van der Waals surface area contributed by atoms with Crippen molar-refractivity contribution in [1.82, 2.24) is 20.1 Å². The van der Waals surface area contributed by atoms with Crippen molar-refractivity contribution in [2.75, 3.05) is 6.54 Å². The van der Waals surface area contributed by atoms with Crippen LogP contribution in [-0.2, 0) is 11.2 Å². The molecule has 3 heterocycles. The van der Waals surface area contributed by atoms with Crippen molar-refractivity contribution < 1.29 is 9.18 Å². The Bertz CT molecular complexity index is 907. The van der Waals surface area contributed by atoms with E-state index in [2.05, 4.69) is 15.2 Å². The van der Waals surface area contributed by atoms with Crippen molar-refractivity contribution in [1.29, 1.82) is 0 Å². The van der Waals surface area contributed by atoms with Gasteiger partial charge in [0.05, 0.1) is 24.4 Å². The van der Waals surface area contributed by atoms with Gasteiger partial charge in [-0.3, -0.25) is 14.9 Å². The number of aromatic amines is 1. The van der Waals surface area contributed by atoms with E-state index >= 15 is 0 Å². The van der Waals surface area contributed by atoms with E-state index in [-0.39, 0.29) is 24.2 Å². The third-order valence-corrected chi connectivity index (χ3v) is 5.09. The lowest BCUT2D eigenvalue weighted by Crippen LogP contribution is -2.39. The van der Waals surface area contributed by atoms with Crippen LogP contribution < -0.4 is 0 Å². The minimum atomic E-state index is -0.290. The number of piperidine rings is 1. The molecule has 5 nitrogen and oxygen atoms in total. The van der Waals surface area contributed by atoms with E-state index in [1.54, 1.807) is 24.5 Å². The van der Waals surface area contributed by atoms with Crippen molar-refractivity contribution in [2.24, 2.45) is 0 Å². The molecule has 1 aliphatic rings. The van der Waals surface area contributed by atoms with Crippen LogP contribution in [0.2, 0.25) is 0 Å². The van der Waals surface area contributed by atoms with Gasteiger partial charge in [0, 0.05) is 24.5 Å². The van der Waals surface area contributed by atoms with Crippen LogP contribution in [0, 0.1) is 5.82 Å². The maximum absolute atomic E-state index is 13.1. The highest BCUT2D eigenvalue weighted by atomic mass is 19.1. The molecule has 1 N–H and O–H groups in total. The Kier molecular flexibility index (Phi) is 4.96. The summed E-state index contributed by atoms with van der Waals surface area (Å²) in [6.45, 7) is 0.722. The highest BCUT2D eigenvalue weighted by Crippen LogP contribution is 2.35. The van der Waals surface area contributed by atoms with Gasteiger partial charge >= 0.3 is 0 Å². The van der Waals surface area contributed by atoms with Gasteiger partial charge in [0.25, 0.3) is 0 Å². The molecule has 0 saturated carbocycles. The summed E-state index contributed by atoms with van der Waals surface area (Å²) in [5.74, 6) is -0.233. The molecule has 0 bridgehead atoms. The maximum Gasteiger partial charge on any atom is 0.227 e. The number of benzene rings is 1. The summed E-state index contributed by atoms with van der Waals surface area (Å²) in [4.78, 5) is 19.0. The second-order valence-corrected chi connectivity index (χ2v) is 6.84. The lowest BCUT2D eigenvalue weighted by molar-refractivity contribution is -0.134. The smallest absolute Gasteiger partial charge is 0.227 e. The number of likely N-dealkylation sites (tertiary alicyclic amines) is 1. The second-order valence-electron chi connectivity index (χ2n) is 6.84. The fraction of sp³-hybridized carbons (Fsp3) is 0.286. The van der Waals surface area contributed by atoms with Crippen LogP contribution in [0.25, 0.3) is 11.1 Å². The van der Waals surface area contributed by atoms with Gasteiger partial charge < -0.3 is 4.90 Å². The molecule has 1 fully saturated rings. The average molecular weight is 364 g/mol. The highest BCUT2D eigenvalue weighted by molar-refractivity contribution is 5.80. The summed E-state index contributed by atoms with van der Waals surface area (Å²) in [6, 6.07) is 10.00. The summed E-state index contributed by atoms with van der Waals surface area (Å²) in [5.41, 5.74) is 3.83. The van der Waals surface area contributed by atoms with Gasteiger partial charge in [0.2, 0.25) is 5.91 Å². The molecule has 1 aliphatic heterocycles. The number of H-pyrrole nitrogens is 1. The second kappa shape index (κ2) is 7.70. The molecule has 1 amide bonds. The number of nitrogens with one attached hydrogen (secondary N) is 1. The van der Waals surface area contributed by atoms with Crippen molar-refractivity contribution in [3.63, 3.8) is 0 Å². The minimum Gasteiger partial charge on any atom is -0.334 e. The molecular formula is C21H21FN4O. The molecule has 1 aromatic carbocycles. The topological polar surface area (TPSA) is 61.9 Å². The van der Waals surface area contributed by atoms with E-state index in [9.17, 15) is 9.18 Å². The number of amides is 1. The zero-order valence-corrected chi connectivity index (χ0v) is 14.9. The number of rotatable bonds is 4. The number of carbonyl (C=O) groups excluding carboxylic acids is 1. The van der Waals surface area contributed by atoms with Crippen molar-refractivity contribution >= 4 is 5.91 Å². The summed E-state index contributed by atoms with van der Waals surface area (Å²) >= 11 is 0. The molecule has 27 heavy (non-hydrogen) atoms. The van der Waals surface area contributed by atoms with Crippen LogP contribution in [0.15, 0.2) is 55.0 Å². The Hall–Kier alpha value is -3.02. The van der Waals surface area contributed by atoms with E-state index in [0.717, 1.165) is 48.2 Å². The summed E-state index contributed by atoms with van der Waals surface area (Å²) in [7, 11) is 0. The third kappa shape index (κ3) is 3.74. The van der Waals surface area contributed by atoms with Gasteiger partial charge in [-0.1, -0.05) is 12.1 Å². The fourth-order valence-corrected chi connectivity index (χ4v) is 3.72. The SMILES string of the molecule is O=C(Cc1ccc(F)cc1)N1CCCC[C@@H]1c1[nH]ncc1-c1ccncc1. The van der Waals surface area contributed by atoms with Gasteiger partial charge in [-0.15, -0.1) is 0 Å². The lowest BCUT2D eigenvalue weighted by atomic mass is 9.94. The maximum atomic E-state index is 13.1. The van der Waals surface area contributed by atoms with Crippen LogP contribution in [-0.4, -0.2) is 32.5 Å². The first-order valence-electron chi connectivity index (χ1n) is 9.20. The number of pyridine rings is 1. The Morgan fingerprint density at radius 1 is 1.15 bits per heavy atom. The molecule has 0 radical (unpaired) electrons. The molecule has 1 atom stereocenters. The van der Waals surface area contributed by atoms with Crippen LogP contribution in [0.3, 0.4) is 0 Å². The van der Waals surface area contributed by atoms with Crippen LogP contribution >= 0.6 is 0 Å². The molecular weight excluding hydrogens is 343 g/mol. The van der Waals surface area contributed by atoms with Crippen molar-refractivity contribution in [3.05, 3.63) is 72.1 Å². The molecule has 6 heteroatoms. The zero-order valence-electron chi connectivity index (χ0n) is 14.9. The van der Waals surface area contributed by atoms with Crippen LogP contribution in [0.4, 0.5) is 4.39 Å². The standard InChI is InChI=1S/C21H21FN4O/c22-17-6-4-15(5-7-17)13-20(27)26-12-2-1-3-19(26)21-18(14-24-25-21)16-8-10-23-11-9-16/h4-11,14,19H,1-3,12-13H2,(H,24,25)/t19-/m1/s1. The van der Waals surface area contributed by atoms with Gasteiger partial charge in [-0.05, 0) is 54.7 Å². The number of hydrogen-bond acceptors (Lipinski definition) is 3. The first-order chi connectivity index (χ1) is 13.2. The molecule has 0 aliphatic carbocycles. The van der Waals surface area contributed by atoms with Gasteiger partial charge in [-0.2, -0.15) is 5.10 Å². The molecule has 0 spiro atoms. The van der Waals surface area contributed by atoms with Crippen LogP contribution in [0.1, 0.15) is 36.6 Å². The number of carbonyl (C=O) groups is 1. The van der Waals surface area contributed by atoms with E-state index in [4.69, 9.17) is 0 Å². The van der Waals surface area contributed by atoms with E-state index < -0.39 is 0 Å². The molecule has 3 aromatic rings. The largest absolute Gasteiger partial charge is 0.334 e. The summed E-state index contributed by atoms with van der Waals surface area (Å²) in [5, 5.41) is 7.35. The molecule has 1 saturated heterocycles. The van der Waals surface area contributed by atoms with Crippen molar-refractivity contribution in [3.8, 4) is 11.1 Å². The zero-order chi connectivity index (χ0) is 18.6. The highest BCUT2D eigenvalue weighted by Gasteiger charge is 2.30. The van der Waals surface area contributed by atoms with Gasteiger partial charge in [0.1, 0.15) is 5.82 Å². The summed E-state index contributed by atoms with van der Waals surface area (Å²) < 4.78 is 13.1. The Morgan fingerprint density at radius 2 is 1.93 bits per heavy atom. The fourth-order valence-electron chi connectivity index (χ4n) is 3.72. The normalized spacial score (nSPS) is 17.1. The number of halogens is 1. The molecule has 138 valence electrons. The molecule has 0 unspecified atom stereocenters. The first-order valence-corrected chi connectivity index (χ1v) is 9.20. The monoisotopic (exact) mass is 364 g/mol. The van der Waals surface area contributed by atoms with Gasteiger partial charge in [0.15, 0.2) is 0 Å². The Morgan fingerprint density at radius 3 is 2.70 bits per heavy atom. The Balaban J connectivity index is 1.59. The van der Waals surface area contributed by atoms with E-state index in [1.165, 1.54) is 12.1 Å². The van der Waals surface area contributed by atoms with Crippen LogP contribution in [0.5, 0.6) is 0 Å². The van der Waals surface area contributed by atoms with E-state index in [0.29, 0.717) is 0 Å². The lowest BCUT2D eigenvalue weighted by Gasteiger charge is -2.36. The average Bonchev–Trinajstić information content (AvgIpc) is 3.20. The summed E-state index contributed by atoms with van der Waals surface area (Å²) in [6.07, 6.45) is 8.55. The number of hydrogen-bond donors (Lipinski definition) is 1. The Labute approximate surface area is 157 Å². The van der Waals surface area contributed by atoms with E-state index in [1.807, 2.05) is 23.2 Å². The predicted molar refractivity (Wildman–Crippen MR) is 100 cm³/mol. The quantitative estimate of drug-likeness (QED) is 0.764.